The fourth-order valence-corrected chi connectivity index (χ4v) is 1.66. The third-order valence-corrected chi connectivity index (χ3v) is 2.51. The Balaban J connectivity index is 0.000000861. The van der Waals surface area contributed by atoms with Crippen molar-refractivity contribution in [2.24, 2.45) is 7.05 Å². The highest BCUT2D eigenvalue weighted by molar-refractivity contribution is 5.72. The van der Waals surface area contributed by atoms with Crippen molar-refractivity contribution in [2.75, 3.05) is 12.4 Å². The van der Waals surface area contributed by atoms with Gasteiger partial charge in [-0.2, -0.15) is 10.4 Å². The number of nitriles is 1. The fraction of sp³-hybridized carbons (Fsp3) is 0.286. The molecule has 2 aromatic rings. The molecule has 1 aromatic carbocycles. The Hall–Kier alpha value is -2.35. The number of aromatic nitrogens is 2. The zero-order valence-corrected chi connectivity index (χ0v) is 11.5. The van der Waals surface area contributed by atoms with Crippen LogP contribution >= 0.6 is 0 Å². The molecule has 0 bridgehead atoms. The second kappa shape index (κ2) is 6.55. The number of hydrogen-bond donors (Lipinski definition) is 1. The van der Waals surface area contributed by atoms with Crippen LogP contribution in [0.15, 0.2) is 24.5 Å². The normalized spacial score (nSPS) is 9.26. The first-order valence-corrected chi connectivity index (χ1v) is 6.06. The van der Waals surface area contributed by atoms with Crippen LogP contribution in [0.4, 0.5) is 10.1 Å². The molecule has 4 nitrogen and oxygen atoms in total. The third-order valence-electron chi connectivity index (χ3n) is 2.51. The summed E-state index contributed by atoms with van der Waals surface area (Å²) < 4.78 is 15.3. The van der Waals surface area contributed by atoms with Crippen molar-refractivity contribution < 1.29 is 4.39 Å². The van der Waals surface area contributed by atoms with Crippen LogP contribution in [0.5, 0.6) is 0 Å². The Kier molecular flexibility index (Phi) is 5.07. The summed E-state index contributed by atoms with van der Waals surface area (Å²) in [6.07, 6.45) is 3.35. The van der Waals surface area contributed by atoms with Crippen molar-refractivity contribution in [1.82, 2.24) is 9.78 Å². The highest BCUT2D eigenvalue weighted by Gasteiger charge is 2.11. The van der Waals surface area contributed by atoms with Gasteiger partial charge in [-0.15, -0.1) is 0 Å². The van der Waals surface area contributed by atoms with E-state index in [9.17, 15) is 4.39 Å². The Morgan fingerprint density at radius 3 is 2.53 bits per heavy atom. The maximum Gasteiger partial charge on any atom is 0.146 e. The number of anilines is 1. The molecule has 0 spiro atoms. The number of benzene rings is 1. The molecule has 1 aromatic heterocycles. The van der Waals surface area contributed by atoms with Gasteiger partial charge in [-0.1, -0.05) is 13.8 Å². The minimum atomic E-state index is -0.384. The highest BCUT2D eigenvalue weighted by Crippen LogP contribution is 2.27. The lowest BCUT2D eigenvalue weighted by molar-refractivity contribution is 0.631. The van der Waals surface area contributed by atoms with E-state index in [2.05, 4.69) is 16.5 Å². The molecular formula is C14H17FN4. The van der Waals surface area contributed by atoms with E-state index in [1.807, 2.05) is 13.8 Å². The van der Waals surface area contributed by atoms with E-state index >= 15 is 0 Å². The predicted molar refractivity (Wildman–Crippen MR) is 74.2 cm³/mol. The van der Waals surface area contributed by atoms with Gasteiger partial charge >= 0.3 is 0 Å². The van der Waals surface area contributed by atoms with E-state index < -0.39 is 0 Å². The Morgan fingerprint density at radius 1 is 1.37 bits per heavy atom. The van der Waals surface area contributed by atoms with Crippen LogP contribution in [-0.2, 0) is 7.05 Å². The van der Waals surface area contributed by atoms with Gasteiger partial charge in [0, 0.05) is 31.4 Å². The fourth-order valence-electron chi connectivity index (χ4n) is 1.66. The summed E-state index contributed by atoms with van der Waals surface area (Å²) in [4.78, 5) is 0. The maximum absolute atomic E-state index is 13.7. The number of nitrogens with one attached hydrogen (secondary N) is 1. The van der Waals surface area contributed by atoms with Crippen molar-refractivity contribution in [3.63, 3.8) is 0 Å². The minimum Gasteiger partial charge on any atom is -0.386 e. The first kappa shape index (κ1) is 14.7. The molecule has 0 saturated heterocycles. The molecule has 2 rings (SSSR count). The number of nitrogens with zero attached hydrogens (tertiary/aromatic N) is 3. The molecule has 0 aliphatic rings. The van der Waals surface area contributed by atoms with Crippen molar-refractivity contribution >= 4 is 5.69 Å². The van der Waals surface area contributed by atoms with Crippen molar-refractivity contribution in [2.45, 2.75) is 13.8 Å². The zero-order valence-electron chi connectivity index (χ0n) is 11.5. The molecule has 0 atom stereocenters. The molecule has 0 unspecified atom stereocenters. The van der Waals surface area contributed by atoms with E-state index in [4.69, 9.17) is 5.26 Å². The van der Waals surface area contributed by atoms with Gasteiger partial charge in [-0.05, 0) is 12.1 Å². The van der Waals surface area contributed by atoms with Gasteiger partial charge in [0.15, 0.2) is 0 Å². The smallest absolute Gasteiger partial charge is 0.146 e. The average molecular weight is 260 g/mol. The molecule has 19 heavy (non-hydrogen) atoms. The predicted octanol–water partition coefficient (Wildman–Crippen LogP) is 3.17. The monoisotopic (exact) mass is 260 g/mol. The maximum atomic E-state index is 13.7. The van der Waals surface area contributed by atoms with Crippen LogP contribution in [0.1, 0.15) is 19.4 Å². The molecule has 1 N–H and O–H groups in total. The van der Waals surface area contributed by atoms with Gasteiger partial charge in [0.1, 0.15) is 5.82 Å². The molecule has 0 aliphatic carbocycles. The van der Waals surface area contributed by atoms with E-state index in [1.54, 1.807) is 31.2 Å². The minimum absolute atomic E-state index is 0.314. The van der Waals surface area contributed by atoms with Gasteiger partial charge in [-0.3, -0.25) is 4.68 Å². The molecular weight excluding hydrogens is 243 g/mol. The number of hydrogen-bond acceptors (Lipinski definition) is 3. The Bertz CT molecular complexity index is 596. The summed E-state index contributed by atoms with van der Waals surface area (Å²) in [5, 5.41) is 15.8. The lowest BCUT2D eigenvalue weighted by Crippen LogP contribution is -1.95. The van der Waals surface area contributed by atoms with Crippen molar-refractivity contribution in [1.29, 1.82) is 5.26 Å². The summed E-state index contributed by atoms with van der Waals surface area (Å²) in [7, 11) is 3.39. The molecule has 0 aliphatic heterocycles. The van der Waals surface area contributed by atoms with Crippen molar-refractivity contribution in [3.05, 3.63) is 35.9 Å². The first-order valence-electron chi connectivity index (χ1n) is 6.06. The number of rotatable bonds is 2. The summed E-state index contributed by atoms with van der Waals surface area (Å²) in [5.74, 6) is -0.384. The molecule has 0 amide bonds. The Labute approximate surface area is 112 Å². The summed E-state index contributed by atoms with van der Waals surface area (Å²) in [6.45, 7) is 4.00. The topological polar surface area (TPSA) is 53.6 Å². The van der Waals surface area contributed by atoms with Crippen LogP contribution in [0.25, 0.3) is 11.1 Å². The van der Waals surface area contributed by atoms with E-state index in [0.717, 1.165) is 5.56 Å². The standard InChI is InChI=1S/C12H11FN4.C2H6/c1-15-12-3-8(5-14)10(4-11(12)13)9-6-16-17(2)7-9;1-2/h3-4,6-7,15H,1-2H3;1-2H3. The number of aryl methyl sites for hydroxylation is 1. The third kappa shape index (κ3) is 3.10. The average Bonchev–Trinajstić information content (AvgIpc) is 2.87. The van der Waals surface area contributed by atoms with E-state index in [-0.39, 0.29) is 5.82 Å². The van der Waals surface area contributed by atoms with Crippen molar-refractivity contribution in [3.8, 4) is 17.2 Å². The summed E-state index contributed by atoms with van der Waals surface area (Å²) >= 11 is 0. The highest BCUT2D eigenvalue weighted by atomic mass is 19.1. The van der Waals surface area contributed by atoms with Crippen LogP contribution in [0.3, 0.4) is 0 Å². The van der Waals surface area contributed by atoms with Gasteiger partial charge in [-0.25, -0.2) is 4.39 Å². The van der Waals surface area contributed by atoms with Crippen LogP contribution in [0.2, 0.25) is 0 Å². The van der Waals surface area contributed by atoms with Gasteiger partial charge in [0.2, 0.25) is 0 Å². The molecule has 0 radical (unpaired) electrons. The molecule has 0 fully saturated rings. The second-order valence-electron chi connectivity index (χ2n) is 3.64. The van der Waals surface area contributed by atoms with E-state index in [0.29, 0.717) is 16.8 Å². The van der Waals surface area contributed by atoms with E-state index in [1.165, 1.54) is 12.1 Å². The van der Waals surface area contributed by atoms with Gasteiger partial charge in [0.25, 0.3) is 0 Å². The van der Waals surface area contributed by atoms with Gasteiger partial charge < -0.3 is 5.32 Å². The lowest BCUT2D eigenvalue weighted by atomic mass is 10.0. The summed E-state index contributed by atoms with van der Waals surface area (Å²) in [6, 6.07) is 4.91. The van der Waals surface area contributed by atoms with Gasteiger partial charge in [0.05, 0.1) is 23.5 Å². The van der Waals surface area contributed by atoms with Crippen LogP contribution in [0, 0.1) is 17.1 Å². The molecule has 5 heteroatoms. The molecule has 0 saturated carbocycles. The lowest BCUT2D eigenvalue weighted by Gasteiger charge is -2.06. The second-order valence-corrected chi connectivity index (χ2v) is 3.64. The largest absolute Gasteiger partial charge is 0.386 e. The molecule has 100 valence electrons. The summed E-state index contributed by atoms with van der Waals surface area (Å²) in [5.41, 5.74) is 2.01. The quantitative estimate of drug-likeness (QED) is 0.902. The van der Waals surface area contributed by atoms with Crippen LogP contribution in [-0.4, -0.2) is 16.8 Å². The zero-order chi connectivity index (χ0) is 14.4. The van der Waals surface area contributed by atoms with Crippen LogP contribution < -0.4 is 5.32 Å². The Morgan fingerprint density at radius 2 is 2.05 bits per heavy atom. The SMILES string of the molecule is CC.CNc1cc(C#N)c(-c2cnn(C)c2)cc1F. The number of halogens is 1. The first-order chi connectivity index (χ1) is 9.15. The molecule has 1 heterocycles.